The van der Waals surface area contributed by atoms with Gasteiger partial charge in [0.05, 0.1) is 0 Å². The van der Waals surface area contributed by atoms with Crippen molar-refractivity contribution >= 4 is 16.0 Å². The van der Waals surface area contributed by atoms with Gasteiger partial charge in [-0.3, -0.25) is 0 Å². The van der Waals surface area contributed by atoms with Crippen LogP contribution in [-0.2, 0) is 16.8 Å². The Balaban J connectivity index is 1.53. The quantitative estimate of drug-likeness (QED) is 0.804. The zero-order valence-electron chi connectivity index (χ0n) is 15.9. The van der Waals surface area contributed by atoms with Gasteiger partial charge in [0.25, 0.3) is 10.2 Å². The Labute approximate surface area is 157 Å². The fourth-order valence-electron chi connectivity index (χ4n) is 3.63. The summed E-state index contributed by atoms with van der Waals surface area (Å²) in [5, 5.41) is 0. The molecular weight excluding hydrogens is 350 g/mol. The van der Waals surface area contributed by atoms with E-state index in [0.717, 1.165) is 56.9 Å². The summed E-state index contributed by atoms with van der Waals surface area (Å²) < 4.78 is 29.2. The first kappa shape index (κ1) is 19.5. The van der Waals surface area contributed by atoms with E-state index in [1.807, 2.05) is 12.1 Å². The van der Waals surface area contributed by atoms with Crippen molar-refractivity contribution < 1.29 is 8.42 Å². The van der Waals surface area contributed by atoms with Crippen LogP contribution in [0.15, 0.2) is 18.3 Å². The molecule has 1 aromatic heterocycles. The third-order valence-corrected chi connectivity index (χ3v) is 6.89. The second-order valence-corrected chi connectivity index (χ2v) is 9.13. The third kappa shape index (κ3) is 4.94. The standard InChI is InChI=1S/C18H31N5O2S/c1-3-21-9-11-22(12-10-21)18-7-6-17(13-19-18)14-20-26(24,25)23-8-4-5-16(2)15-23/h6-7,13,16,20H,3-5,8-12,14-15H2,1-2H3. The minimum Gasteiger partial charge on any atom is -0.354 e. The molecular formula is C18H31N5O2S. The first-order valence-corrected chi connectivity index (χ1v) is 11.1. The van der Waals surface area contributed by atoms with Gasteiger partial charge in [0.1, 0.15) is 5.82 Å². The van der Waals surface area contributed by atoms with Crippen LogP contribution in [0.5, 0.6) is 0 Å². The molecule has 2 aliphatic rings. The number of rotatable bonds is 6. The molecule has 0 saturated carbocycles. The molecule has 0 amide bonds. The Bertz CT molecular complexity index is 671. The average molecular weight is 382 g/mol. The Kier molecular flexibility index (Phi) is 6.50. The van der Waals surface area contributed by atoms with Crippen molar-refractivity contribution in [2.75, 3.05) is 50.7 Å². The maximum atomic E-state index is 12.5. The van der Waals surface area contributed by atoms with E-state index in [2.05, 4.69) is 33.4 Å². The molecule has 2 saturated heterocycles. The second-order valence-electron chi connectivity index (χ2n) is 7.38. The smallest absolute Gasteiger partial charge is 0.279 e. The first-order valence-electron chi connectivity index (χ1n) is 9.65. The van der Waals surface area contributed by atoms with Crippen molar-refractivity contribution in [1.29, 1.82) is 0 Å². The number of likely N-dealkylation sites (N-methyl/N-ethyl adjacent to an activating group) is 1. The first-order chi connectivity index (χ1) is 12.5. The summed E-state index contributed by atoms with van der Waals surface area (Å²) in [6.07, 6.45) is 3.82. The molecule has 0 radical (unpaired) electrons. The van der Waals surface area contributed by atoms with Crippen LogP contribution in [0.25, 0.3) is 0 Å². The molecule has 1 aromatic rings. The molecule has 0 aromatic carbocycles. The molecule has 1 N–H and O–H groups in total. The molecule has 0 bridgehead atoms. The maximum absolute atomic E-state index is 12.5. The highest BCUT2D eigenvalue weighted by Crippen LogP contribution is 2.18. The van der Waals surface area contributed by atoms with Crippen molar-refractivity contribution in [3.63, 3.8) is 0 Å². The highest BCUT2D eigenvalue weighted by atomic mass is 32.2. The Morgan fingerprint density at radius 1 is 1.19 bits per heavy atom. The van der Waals surface area contributed by atoms with Crippen LogP contribution in [0.3, 0.4) is 0 Å². The predicted octanol–water partition coefficient (Wildman–Crippen LogP) is 1.29. The van der Waals surface area contributed by atoms with E-state index in [4.69, 9.17) is 0 Å². The van der Waals surface area contributed by atoms with Crippen molar-refractivity contribution in [1.82, 2.24) is 18.9 Å². The van der Waals surface area contributed by atoms with Gasteiger partial charge in [0.2, 0.25) is 0 Å². The Hall–Kier alpha value is -1.22. The van der Waals surface area contributed by atoms with E-state index < -0.39 is 10.2 Å². The minimum absolute atomic E-state index is 0.282. The summed E-state index contributed by atoms with van der Waals surface area (Å²) in [6, 6.07) is 3.96. The van der Waals surface area contributed by atoms with Crippen LogP contribution >= 0.6 is 0 Å². The number of aromatic nitrogens is 1. The molecule has 146 valence electrons. The zero-order chi connectivity index (χ0) is 18.6. The van der Waals surface area contributed by atoms with Gasteiger partial charge in [0.15, 0.2) is 0 Å². The van der Waals surface area contributed by atoms with E-state index in [1.54, 1.807) is 10.5 Å². The van der Waals surface area contributed by atoms with Gasteiger partial charge in [-0.15, -0.1) is 0 Å². The summed E-state index contributed by atoms with van der Waals surface area (Å²) in [5.74, 6) is 1.40. The zero-order valence-corrected chi connectivity index (χ0v) is 16.7. The molecule has 0 aliphatic carbocycles. The van der Waals surface area contributed by atoms with Crippen LogP contribution in [0, 0.1) is 5.92 Å². The molecule has 8 heteroatoms. The number of nitrogens with one attached hydrogen (secondary N) is 1. The maximum Gasteiger partial charge on any atom is 0.279 e. The summed E-state index contributed by atoms with van der Waals surface area (Å²) in [5.41, 5.74) is 0.884. The number of anilines is 1. The van der Waals surface area contributed by atoms with Crippen LogP contribution in [-0.4, -0.2) is 68.4 Å². The molecule has 7 nitrogen and oxygen atoms in total. The van der Waals surface area contributed by atoms with E-state index in [0.29, 0.717) is 19.0 Å². The van der Waals surface area contributed by atoms with E-state index in [-0.39, 0.29) is 6.54 Å². The lowest BCUT2D eigenvalue weighted by atomic mass is 10.0. The molecule has 0 spiro atoms. The highest BCUT2D eigenvalue weighted by molar-refractivity contribution is 7.87. The summed E-state index contributed by atoms with van der Waals surface area (Å²) in [6.45, 7) is 11.0. The predicted molar refractivity (Wildman–Crippen MR) is 104 cm³/mol. The number of nitrogens with zero attached hydrogens (tertiary/aromatic N) is 4. The number of piperidine rings is 1. The number of piperazine rings is 1. The molecule has 3 rings (SSSR count). The molecule has 1 unspecified atom stereocenters. The van der Waals surface area contributed by atoms with Crippen LogP contribution in [0.2, 0.25) is 0 Å². The van der Waals surface area contributed by atoms with Gasteiger partial charge in [-0.05, 0) is 36.9 Å². The molecule has 26 heavy (non-hydrogen) atoms. The van der Waals surface area contributed by atoms with Gasteiger partial charge in [-0.1, -0.05) is 19.9 Å². The average Bonchev–Trinajstić information content (AvgIpc) is 2.67. The van der Waals surface area contributed by atoms with Crippen molar-refractivity contribution in [2.24, 2.45) is 5.92 Å². The molecule has 1 atom stereocenters. The summed E-state index contributed by atoms with van der Waals surface area (Å²) in [4.78, 5) is 9.26. The number of hydrogen-bond donors (Lipinski definition) is 1. The van der Waals surface area contributed by atoms with Crippen LogP contribution < -0.4 is 9.62 Å². The fourth-order valence-corrected chi connectivity index (χ4v) is 4.98. The Morgan fingerprint density at radius 2 is 1.96 bits per heavy atom. The summed E-state index contributed by atoms with van der Waals surface area (Å²) in [7, 11) is -3.41. The second kappa shape index (κ2) is 8.65. The molecule has 3 heterocycles. The number of pyridine rings is 1. The lowest BCUT2D eigenvalue weighted by molar-refractivity contribution is 0.270. The Morgan fingerprint density at radius 3 is 2.58 bits per heavy atom. The lowest BCUT2D eigenvalue weighted by Crippen LogP contribution is -2.46. The monoisotopic (exact) mass is 381 g/mol. The van der Waals surface area contributed by atoms with Crippen LogP contribution in [0.1, 0.15) is 32.3 Å². The molecule has 2 aliphatic heterocycles. The largest absolute Gasteiger partial charge is 0.354 e. The third-order valence-electron chi connectivity index (χ3n) is 5.37. The van der Waals surface area contributed by atoms with Gasteiger partial charge in [0, 0.05) is 52.0 Å². The van der Waals surface area contributed by atoms with Gasteiger partial charge >= 0.3 is 0 Å². The van der Waals surface area contributed by atoms with Crippen molar-refractivity contribution in [2.45, 2.75) is 33.2 Å². The SMILES string of the molecule is CCN1CCN(c2ccc(CNS(=O)(=O)N3CCCC(C)C3)cn2)CC1. The molecule has 2 fully saturated rings. The fraction of sp³-hybridized carbons (Fsp3) is 0.722. The summed E-state index contributed by atoms with van der Waals surface area (Å²) >= 11 is 0. The van der Waals surface area contributed by atoms with Gasteiger partial charge in [-0.25, -0.2) is 4.98 Å². The van der Waals surface area contributed by atoms with Crippen LogP contribution in [0.4, 0.5) is 5.82 Å². The van der Waals surface area contributed by atoms with E-state index in [1.165, 1.54) is 0 Å². The van der Waals surface area contributed by atoms with E-state index >= 15 is 0 Å². The van der Waals surface area contributed by atoms with E-state index in [9.17, 15) is 8.42 Å². The van der Waals surface area contributed by atoms with Crippen molar-refractivity contribution in [3.05, 3.63) is 23.9 Å². The number of hydrogen-bond acceptors (Lipinski definition) is 5. The normalized spacial score (nSPS) is 23.3. The van der Waals surface area contributed by atoms with Gasteiger partial charge < -0.3 is 9.80 Å². The lowest BCUT2D eigenvalue weighted by Gasteiger charge is -2.34. The topological polar surface area (TPSA) is 68.8 Å². The van der Waals surface area contributed by atoms with Crippen molar-refractivity contribution in [3.8, 4) is 0 Å². The minimum atomic E-state index is -3.41. The van der Waals surface area contributed by atoms with Gasteiger partial charge in [-0.2, -0.15) is 17.4 Å². The highest BCUT2D eigenvalue weighted by Gasteiger charge is 2.26.